The van der Waals surface area contributed by atoms with E-state index in [0.717, 1.165) is 28.4 Å². The van der Waals surface area contributed by atoms with Gasteiger partial charge >= 0.3 is 0 Å². The molecule has 1 heterocycles. The number of hydrogen-bond acceptors (Lipinski definition) is 5. The van der Waals surface area contributed by atoms with Gasteiger partial charge in [0.2, 0.25) is 0 Å². The van der Waals surface area contributed by atoms with E-state index in [1.165, 1.54) is 0 Å². The number of carbonyl (C=O) groups is 1. The number of fused-ring (bicyclic) bond motifs is 1. The number of carbonyl (C=O) groups excluding carboxylic acids is 1. The summed E-state index contributed by atoms with van der Waals surface area (Å²) in [6, 6.07) is 13.6. The maximum absolute atomic E-state index is 13.9. The molecule has 1 amide bonds. The summed E-state index contributed by atoms with van der Waals surface area (Å²) in [5, 5.41) is 0.469. The minimum absolute atomic E-state index is 0.00124. The van der Waals surface area contributed by atoms with Crippen LogP contribution in [0.3, 0.4) is 0 Å². The van der Waals surface area contributed by atoms with Crippen LogP contribution in [0.5, 0.6) is 5.75 Å². The standard InChI is InChI=1S/C23H31ClN2O3SSi/c1-25(2)13-14-26-19-12-9-17(24)15-20(19)30-22(16-7-10-18(28-3)11-8-16)21(23(26)27)29-31(4,5)6/h7-12,15,21-22H,13-14H2,1-6H3. The van der Waals surface area contributed by atoms with Crippen LogP contribution in [0, 0.1) is 0 Å². The molecule has 0 saturated carbocycles. The number of amides is 1. The maximum atomic E-state index is 13.9. The molecule has 31 heavy (non-hydrogen) atoms. The summed E-state index contributed by atoms with van der Waals surface area (Å²) in [5.74, 6) is 0.783. The molecular formula is C23H31ClN2O3SSi. The lowest BCUT2D eigenvalue weighted by molar-refractivity contribution is -0.125. The Morgan fingerprint density at radius 3 is 2.39 bits per heavy atom. The minimum Gasteiger partial charge on any atom is -0.497 e. The average Bonchev–Trinajstić information content (AvgIpc) is 2.80. The van der Waals surface area contributed by atoms with E-state index in [1.807, 2.05) is 61.5 Å². The Morgan fingerprint density at radius 2 is 1.81 bits per heavy atom. The number of ether oxygens (including phenoxy) is 1. The highest BCUT2D eigenvalue weighted by molar-refractivity contribution is 7.99. The Bertz CT molecular complexity index is 918. The van der Waals surface area contributed by atoms with Gasteiger partial charge in [0.15, 0.2) is 8.32 Å². The summed E-state index contributed by atoms with van der Waals surface area (Å²) in [6.07, 6.45) is -0.585. The van der Waals surface area contributed by atoms with Crippen molar-refractivity contribution in [2.24, 2.45) is 0 Å². The number of anilines is 1. The van der Waals surface area contributed by atoms with Crippen molar-refractivity contribution in [3.8, 4) is 5.75 Å². The van der Waals surface area contributed by atoms with Gasteiger partial charge in [0.25, 0.3) is 5.91 Å². The smallest absolute Gasteiger partial charge is 0.256 e. The summed E-state index contributed by atoms with van der Waals surface area (Å²) < 4.78 is 11.9. The van der Waals surface area contributed by atoms with E-state index in [0.29, 0.717) is 11.6 Å². The molecule has 0 aliphatic carbocycles. The van der Waals surface area contributed by atoms with Gasteiger partial charge < -0.3 is 19.0 Å². The van der Waals surface area contributed by atoms with Crippen LogP contribution < -0.4 is 9.64 Å². The third kappa shape index (κ3) is 6.05. The fourth-order valence-corrected chi connectivity index (χ4v) is 6.16. The van der Waals surface area contributed by atoms with Gasteiger partial charge in [-0.25, -0.2) is 0 Å². The average molecular weight is 479 g/mol. The van der Waals surface area contributed by atoms with Gasteiger partial charge in [-0.05, 0) is 69.6 Å². The first-order valence-electron chi connectivity index (χ1n) is 10.3. The van der Waals surface area contributed by atoms with Gasteiger partial charge in [-0.2, -0.15) is 0 Å². The van der Waals surface area contributed by atoms with Gasteiger partial charge in [-0.1, -0.05) is 23.7 Å². The van der Waals surface area contributed by atoms with Crippen LogP contribution in [0.25, 0.3) is 0 Å². The number of likely N-dealkylation sites (N-methyl/N-ethyl adjacent to an activating group) is 1. The number of benzene rings is 2. The molecule has 5 nitrogen and oxygen atoms in total. The zero-order chi connectivity index (χ0) is 22.8. The van der Waals surface area contributed by atoms with Gasteiger partial charge in [0, 0.05) is 23.0 Å². The van der Waals surface area contributed by atoms with E-state index in [4.69, 9.17) is 20.8 Å². The molecule has 1 aliphatic rings. The molecular weight excluding hydrogens is 448 g/mol. The third-order valence-corrected chi connectivity index (χ3v) is 7.50. The number of nitrogens with zero attached hydrogens (tertiary/aromatic N) is 2. The molecule has 3 rings (SSSR count). The monoisotopic (exact) mass is 478 g/mol. The van der Waals surface area contributed by atoms with E-state index < -0.39 is 14.4 Å². The molecule has 2 unspecified atom stereocenters. The molecule has 8 heteroatoms. The third-order valence-electron chi connectivity index (χ3n) is 4.95. The van der Waals surface area contributed by atoms with E-state index in [-0.39, 0.29) is 11.2 Å². The lowest BCUT2D eigenvalue weighted by Crippen LogP contribution is -2.48. The van der Waals surface area contributed by atoms with Crippen LogP contribution in [0.2, 0.25) is 24.7 Å². The SMILES string of the molecule is COc1ccc(C2Sc3cc(Cl)ccc3N(CCN(C)C)C(=O)C2O[Si](C)(C)C)cc1. The largest absolute Gasteiger partial charge is 0.497 e. The molecule has 2 aromatic carbocycles. The summed E-state index contributed by atoms with van der Waals surface area (Å²) >= 11 is 8.00. The summed E-state index contributed by atoms with van der Waals surface area (Å²) in [4.78, 5) is 18.9. The highest BCUT2D eigenvalue weighted by atomic mass is 35.5. The molecule has 0 radical (unpaired) electrons. The number of thioether (sulfide) groups is 1. The van der Waals surface area contributed by atoms with Gasteiger partial charge in [-0.3, -0.25) is 4.79 Å². The van der Waals surface area contributed by atoms with Crippen molar-refractivity contribution >= 4 is 43.3 Å². The van der Waals surface area contributed by atoms with E-state index in [2.05, 4.69) is 24.5 Å². The van der Waals surface area contributed by atoms with Gasteiger partial charge in [0.1, 0.15) is 11.9 Å². The Morgan fingerprint density at radius 1 is 1.13 bits per heavy atom. The van der Waals surface area contributed by atoms with Crippen LogP contribution in [0.1, 0.15) is 10.8 Å². The lowest BCUT2D eigenvalue weighted by atomic mass is 10.1. The van der Waals surface area contributed by atoms with Gasteiger partial charge in [0.05, 0.1) is 18.0 Å². The molecule has 0 bridgehead atoms. The quantitative estimate of drug-likeness (QED) is 0.504. The number of rotatable bonds is 7. The summed E-state index contributed by atoms with van der Waals surface area (Å²) in [7, 11) is 3.66. The van der Waals surface area contributed by atoms with Gasteiger partial charge in [-0.15, -0.1) is 11.8 Å². The van der Waals surface area contributed by atoms with E-state index in [9.17, 15) is 4.79 Å². The highest BCUT2D eigenvalue weighted by Gasteiger charge is 2.41. The first-order chi connectivity index (χ1) is 14.6. The predicted octanol–water partition coefficient (Wildman–Crippen LogP) is 5.31. The van der Waals surface area contributed by atoms with Crippen molar-refractivity contribution < 1.29 is 14.0 Å². The fourth-order valence-electron chi connectivity index (χ4n) is 3.47. The van der Waals surface area contributed by atoms with Crippen LogP contribution in [0.4, 0.5) is 5.69 Å². The van der Waals surface area contributed by atoms with Crippen molar-refractivity contribution in [3.05, 3.63) is 53.1 Å². The molecule has 0 saturated heterocycles. The number of hydrogen-bond donors (Lipinski definition) is 0. The van der Waals surface area contributed by atoms with Crippen molar-refractivity contribution in [1.82, 2.24) is 4.90 Å². The molecule has 0 fully saturated rings. The highest BCUT2D eigenvalue weighted by Crippen LogP contribution is 2.48. The predicted molar refractivity (Wildman–Crippen MR) is 132 cm³/mol. The number of methoxy groups -OCH3 is 1. The zero-order valence-electron chi connectivity index (χ0n) is 19.0. The second kappa shape index (κ2) is 9.96. The molecule has 0 aromatic heterocycles. The molecule has 2 atom stereocenters. The summed E-state index contributed by atoms with van der Waals surface area (Å²) in [6.45, 7) is 7.70. The topological polar surface area (TPSA) is 42.0 Å². The van der Waals surface area contributed by atoms with Crippen molar-refractivity contribution in [1.29, 1.82) is 0 Å². The second-order valence-electron chi connectivity index (χ2n) is 8.87. The van der Waals surface area contributed by atoms with Crippen molar-refractivity contribution in [2.45, 2.75) is 35.9 Å². The Hall–Kier alpha value is -1.51. The maximum Gasteiger partial charge on any atom is 0.256 e. The molecule has 0 spiro atoms. The minimum atomic E-state index is -2.01. The first kappa shape index (κ1) is 24.1. The normalized spacial score (nSPS) is 19.4. The first-order valence-corrected chi connectivity index (χ1v) is 15.0. The summed E-state index contributed by atoms with van der Waals surface area (Å²) in [5.41, 5.74) is 1.92. The van der Waals surface area contributed by atoms with E-state index >= 15 is 0 Å². The fraction of sp³-hybridized carbons (Fsp3) is 0.435. The molecule has 2 aromatic rings. The molecule has 1 aliphatic heterocycles. The Labute approximate surface area is 195 Å². The molecule has 168 valence electrons. The zero-order valence-corrected chi connectivity index (χ0v) is 21.6. The van der Waals surface area contributed by atoms with Crippen molar-refractivity contribution in [3.63, 3.8) is 0 Å². The van der Waals surface area contributed by atoms with Crippen molar-refractivity contribution in [2.75, 3.05) is 39.2 Å². The van der Waals surface area contributed by atoms with Crippen LogP contribution in [-0.2, 0) is 9.22 Å². The van der Waals surface area contributed by atoms with E-state index in [1.54, 1.807) is 18.9 Å². The Balaban J connectivity index is 2.11. The van der Waals surface area contributed by atoms with Crippen LogP contribution >= 0.6 is 23.4 Å². The Kier molecular flexibility index (Phi) is 7.75. The second-order valence-corrected chi connectivity index (χ2v) is 14.9. The van der Waals surface area contributed by atoms with Crippen LogP contribution in [0.15, 0.2) is 47.4 Å². The van der Waals surface area contributed by atoms with Crippen LogP contribution in [-0.4, -0.2) is 59.5 Å². The molecule has 0 N–H and O–H groups in total. The number of halogens is 1. The lowest BCUT2D eigenvalue weighted by Gasteiger charge is -2.33.